The quantitative estimate of drug-likeness (QED) is 0.114. The molecule has 0 N–H and O–H groups in total. The van der Waals surface area contributed by atoms with Gasteiger partial charge in [0, 0.05) is 32.9 Å². The van der Waals surface area contributed by atoms with E-state index in [0.717, 1.165) is 0 Å². The molecule has 21 rings (SSSR count). The summed E-state index contributed by atoms with van der Waals surface area (Å²) in [5, 5.41) is 15.2. The maximum absolute atomic E-state index is 2.41. The Morgan fingerprint density at radius 2 is 0.328 bits per heavy atom. The lowest BCUT2D eigenvalue weighted by Crippen LogP contribution is -2.10. The minimum atomic E-state index is 0.0521. The number of hydrogen-bond acceptors (Lipinski definition) is 0. The fourth-order valence-corrected chi connectivity index (χ4v) is 18.0. The summed E-state index contributed by atoms with van der Waals surface area (Å²) >= 11 is 0. The molecule has 0 bridgehead atoms. The number of nitrogens with zero attached hydrogens (tertiary/aromatic N) is 2. The Morgan fingerprint density at radius 1 is 0.147 bits per heavy atom. The van der Waals surface area contributed by atoms with Crippen LogP contribution in [0.1, 0.15) is 52.7 Å². The highest BCUT2D eigenvalue weighted by molar-refractivity contribution is 6.23. The molecule has 2 heteroatoms. The van der Waals surface area contributed by atoms with Gasteiger partial charge in [-0.15, -0.1) is 0 Å². The number of aromatic nitrogens is 2. The monoisotopic (exact) mass is 1480 g/mol. The SMILES string of the molecule is CC(C)(C)c1ccc2c(c1)c1cc(-c3ccc(-c4c5ccccc5c(-c5ccc(-c6ccc(-c7ccccc7)cc6)cc5)c5ccccc45)cc3)ccc1n2-c1ccccc1.CC(C)(C)c1ccc2c(c1)c1cc(-c3ccc(-c4c5ccccc5c(-c5ccc(-c6ccccc6)cc5)c5ccccc45)cc3)ccc1n2-c1ccccc1. The molecular formula is C114H86N2. The molecule has 0 spiro atoms. The van der Waals surface area contributed by atoms with E-state index in [1.807, 2.05) is 0 Å². The minimum Gasteiger partial charge on any atom is -0.309 e. The molecule has 2 nitrogen and oxygen atoms in total. The van der Waals surface area contributed by atoms with Gasteiger partial charge in [0.1, 0.15) is 0 Å². The Labute approximate surface area is 678 Å². The van der Waals surface area contributed by atoms with E-state index in [-0.39, 0.29) is 10.8 Å². The lowest BCUT2D eigenvalue weighted by Gasteiger charge is -2.19. The summed E-state index contributed by atoms with van der Waals surface area (Å²) in [5.74, 6) is 0. The lowest BCUT2D eigenvalue weighted by atomic mass is 9.85. The van der Waals surface area contributed by atoms with Crippen molar-refractivity contribution in [1.82, 2.24) is 9.13 Å². The van der Waals surface area contributed by atoms with Gasteiger partial charge < -0.3 is 9.13 Å². The molecule has 21 aromatic rings. The highest BCUT2D eigenvalue weighted by Crippen LogP contribution is 2.48. The first kappa shape index (κ1) is 70.9. The maximum Gasteiger partial charge on any atom is 0.0541 e. The summed E-state index contributed by atoms with van der Waals surface area (Å²) in [4.78, 5) is 0. The molecule has 116 heavy (non-hydrogen) atoms. The van der Waals surface area contributed by atoms with E-state index >= 15 is 0 Å². The van der Waals surface area contributed by atoms with Gasteiger partial charge in [-0.05, 0) is 238 Å². The van der Waals surface area contributed by atoms with Crippen molar-refractivity contribution < 1.29 is 0 Å². The van der Waals surface area contributed by atoms with Gasteiger partial charge >= 0.3 is 0 Å². The smallest absolute Gasteiger partial charge is 0.0541 e. The molecule has 0 aliphatic carbocycles. The van der Waals surface area contributed by atoms with Gasteiger partial charge in [-0.1, -0.05) is 381 Å². The zero-order chi connectivity index (χ0) is 78.2. The van der Waals surface area contributed by atoms with Crippen LogP contribution in [0.4, 0.5) is 0 Å². The van der Waals surface area contributed by atoms with Crippen molar-refractivity contribution in [2.24, 2.45) is 0 Å². The van der Waals surface area contributed by atoms with Crippen molar-refractivity contribution in [3.05, 3.63) is 424 Å². The maximum atomic E-state index is 2.41. The van der Waals surface area contributed by atoms with Crippen LogP contribution < -0.4 is 0 Å². The number of hydrogen-bond donors (Lipinski definition) is 0. The Hall–Kier alpha value is -14.2. The van der Waals surface area contributed by atoms with E-state index in [1.54, 1.807) is 0 Å². The third-order valence-electron chi connectivity index (χ3n) is 23.9. The summed E-state index contributed by atoms with van der Waals surface area (Å²) in [7, 11) is 0. The van der Waals surface area contributed by atoms with E-state index in [0.29, 0.717) is 0 Å². The predicted molar refractivity (Wildman–Crippen MR) is 498 cm³/mol. The average Bonchev–Trinajstić information content (AvgIpc) is 1.71. The standard InChI is InChI=1S/C60H45N.C54H41N/c1-60(2,3)48-35-37-57-55(39-48)54-38-47(34-36-56(54)61(57)49-16-8-5-9-17-49)44-28-32-46(33-29-44)59-52-20-12-10-18-50(52)58(51-19-11-13-21-53(51)59)45-30-26-43(27-31-45)42-24-22-41(23-25-42)40-14-6-4-7-15-40;1-54(2,3)42-31-33-51-49(35-42)48-34-41(30-32-50(48)55(51)43-16-8-5-9-17-43)38-24-28-40(29-25-38)53-46-20-12-10-18-44(46)52(45-19-11-13-21-47(45)53)39-26-22-37(23-27-39)36-14-6-4-7-15-36/h4-39H,1-3H3;4-35H,1-3H3. The second-order valence-electron chi connectivity index (χ2n) is 33.1. The first-order valence-corrected chi connectivity index (χ1v) is 40.6. The molecule has 19 aromatic carbocycles. The zero-order valence-electron chi connectivity index (χ0n) is 66.2. The molecule has 2 heterocycles. The topological polar surface area (TPSA) is 9.86 Å². The molecule has 0 saturated heterocycles. The van der Waals surface area contributed by atoms with Crippen LogP contribution in [0.3, 0.4) is 0 Å². The second kappa shape index (κ2) is 29.1. The van der Waals surface area contributed by atoms with Crippen LogP contribution in [0.15, 0.2) is 413 Å². The Kier molecular flexibility index (Phi) is 17.8. The minimum absolute atomic E-state index is 0.0521. The number of para-hydroxylation sites is 2. The van der Waals surface area contributed by atoms with Crippen LogP contribution in [0, 0.1) is 0 Å². The zero-order valence-corrected chi connectivity index (χ0v) is 66.2. The molecule has 2 aromatic heterocycles. The van der Waals surface area contributed by atoms with Crippen LogP contribution >= 0.6 is 0 Å². The molecule has 0 aliphatic rings. The van der Waals surface area contributed by atoms with Crippen molar-refractivity contribution in [1.29, 1.82) is 0 Å². The van der Waals surface area contributed by atoms with Gasteiger partial charge in [0.25, 0.3) is 0 Å². The summed E-state index contributed by atoms with van der Waals surface area (Å²) in [6, 6.07) is 152. The van der Waals surface area contributed by atoms with E-state index < -0.39 is 0 Å². The molecule has 0 radical (unpaired) electrons. The first-order chi connectivity index (χ1) is 56.8. The van der Waals surface area contributed by atoms with Crippen molar-refractivity contribution in [2.45, 2.75) is 52.4 Å². The number of benzene rings is 19. The summed E-state index contributed by atoms with van der Waals surface area (Å²) in [6.45, 7) is 13.8. The number of rotatable bonds is 11. The third-order valence-corrected chi connectivity index (χ3v) is 23.9. The van der Waals surface area contributed by atoms with Gasteiger partial charge in [0.15, 0.2) is 0 Å². The van der Waals surface area contributed by atoms with Gasteiger partial charge in [-0.2, -0.15) is 0 Å². The van der Waals surface area contributed by atoms with Gasteiger partial charge in [0.05, 0.1) is 22.1 Å². The van der Waals surface area contributed by atoms with E-state index in [4.69, 9.17) is 0 Å². The molecule has 0 amide bonds. The Morgan fingerprint density at radius 3 is 0.569 bits per heavy atom. The number of fused-ring (bicyclic) bond motifs is 10. The molecule has 0 aliphatic heterocycles. The summed E-state index contributed by atoms with van der Waals surface area (Å²) in [6.07, 6.45) is 0. The Balaban J connectivity index is 0.000000150. The van der Waals surface area contributed by atoms with Crippen molar-refractivity contribution in [3.63, 3.8) is 0 Å². The highest BCUT2D eigenvalue weighted by atomic mass is 15.0. The molecule has 0 fully saturated rings. The van der Waals surface area contributed by atoms with Crippen molar-refractivity contribution >= 4 is 86.7 Å². The molecule has 0 atom stereocenters. The average molecular weight is 1480 g/mol. The summed E-state index contributed by atoms with van der Waals surface area (Å²) < 4.78 is 4.81. The van der Waals surface area contributed by atoms with Gasteiger partial charge in [0.2, 0.25) is 0 Å². The fourth-order valence-electron chi connectivity index (χ4n) is 18.0. The van der Waals surface area contributed by atoms with E-state index in [9.17, 15) is 0 Å². The largest absolute Gasteiger partial charge is 0.309 e. The first-order valence-electron chi connectivity index (χ1n) is 40.6. The molecular weight excluding hydrogens is 1400 g/mol. The van der Waals surface area contributed by atoms with Crippen LogP contribution in [-0.4, -0.2) is 9.13 Å². The Bertz CT molecular complexity index is 7170. The molecule has 0 saturated carbocycles. The highest BCUT2D eigenvalue weighted by Gasteiger charge is 2.24. The summed E-state index contributed by atoms with van der Waals surface area (Å²) in [5.41, 5.74) is 32.2. The van der Waals surface area contributed by atoms with Gasteiger partial charge in [-0.3, -0.25) is 0 Å². The van der Waals surface area contributed by atoms with Crippen molar-refractivity contribution in [2.75, 3.05) is 0 Å². The van der Waals surface area contributed by atoms with Crippen LogP contribution in [0.2, 0.25) is 0 Å². The molecule has 0 unspecified atom stereocenters. The fraction of sp³-hybridized carbons (Fsp3) is 0.0702. The van der Waals surface area contributed by atoms with Crippen LogP contribution in [-0.2, 0) is 10.8 Å². The van der Waals surface area contributed by atoms with E-state index in [1.165, 1.54) is 209 Å². The van der Waals surface area contributed by atoms with Crippen LogP contribution in [0.5, 0.6) is 0 Å². The van der Waals surface area contributed by atoms with E-state index in [2.05, 4.69) is 463 Å². The third kappa shape index (κ3) is 12.8. The predicted octanol–water partition coefficient (Wildman–Crippen LogP) is 31.8. The lowest BCUT2D eigenvalue weighted by molar-refractivity contribution is 0.591. The second-order valence-corrected chi connectivity index (χ2v) is 33.1. The van der Waals surface area contributed by atoms with Crippen LogP contribution in [0.25, 0.3) is 198 Å². The normalized spacial score (nSPS) is 11.9. The van der Waals surface area contributed by atoms with Crippen molar-refractivity contribution in [3.8, 4) is 112 Å². The molecule has 552 valence electrons. The van der Waals surface area contributed by atoms with Gasteiger partial charge in [-0.25, -0.2) is 0 Å².